The molecule has 5 rings (SSSR count). The van der Waals surface area contributed by atoms with Crippen molar-refractivity contribution in [2.24, 2.45) is 0 Å². The summed E-state index contributed by atoms with van der Waals surface area (Å²) < 4.78 is 1.80. The van der Waals surface area contributed by atoms with E-state index in [4.69, 9.17) is 0 Å². The van der Waals surface area contributed by atoms with E-state index in [2.05, 4.69) is 91.0 Å². The van der Waals surface area contributed by atoms with Gasteiger partial charge in [-0.1, -0.05) is 96.0 Å². The summed E-state index contributed by atoms with van der Waals surface area (Å²) in [6.45, 7) is 16.2. The monoisotopic (exact) mass is 597 g/mol. The third-order valence-corrected chi connectivity index (χ3v) is 8.71. The zero-order valence-electron chi connectivity index (χ0n) is 23.2. The Labute approximate surface area is 247 Å². The second-order valence-corrected chi connectivity index (χ2v) is 14.1. The minimum atomic E-state index is 0. The molecule has 0 unspecified atom stereocenters. The maximum absolute atomic E-state index is 3.89. The molecule has 0 atom stereocenters. The molecular formula is C33H41Cl2Zr-. The number of fused-ring (bicyclic) bond motifs is 3. The van der Waals surface area contributed by atoms with Crippen LogP contribution < -0.4 is 24.8 Å². The molecule has 0 saturated heterocycles. The molecule has 2 aromatic rings. The second-order valence-electron chi connectivity index (χ2n) is 12.4. The van der Waals surface area contributed by atoms with E-state index < -0.39 is 0 Å². The van der Waals surface area contributed by atoms with Gasteiger partial charge in [0.2, 0.25) is 0 Å². The molecule has 0 N–H and O–H groups in total. The van der Waals surface area contributed by atoms with Gasteiger partial charge in [-0.25, -0.2) is 0 Å². The van der Waals surface area contributed by atoms with Gasteiger partial charge in [0.15, 0.2) is 0 Å². The van der Waals surface area contributed by atoms with Gasteiger partial charge < -0.3 is 24.8 Å². The van der Waals surface area contributed by atoms with Crippen LogP contribution in [0.15, 0.2) is 36.4 Å². The standard InChI is InChI=1S/C27H31.C6H10.2ClH.Zr/c1-17-24-20(14-19-15-21(26(2,3)4)12-13-22(19)24)16-23(27(5,6)7)25(17)18-10-8-9-11-18;1-2-4-6-5-3-1;;;/h8-10,12-13,15H,11,14H2,1-7H3;1-5H2;2*1H;/q-1;;;;+2/p-2. The van der Waals surface area contributed by atoms with E-state index in [-0.39, 0.29) is 35.6 Å². The fraction of sp³-hybridized carbons (Fsp3) is 0.485. The molecule has 2 aromatic carbocycles. The van der Waals surface area contributed by atoms with Crippen LogP contribution >= 0.6 is 0 Å². The number of rotatable bonds is 1. The van der Waals surface area contributed by atoms with E-state index in [9.17, 15) is 0 Å². The SMILES string of the molecule is Cc1c(C2=CC=CC2)c(C(C)(C)C)[c-]c2c1-c1ccc(C(C)(C)C)cc1C2.[Cl-].[Cl-].[Zr+2]=[C]1CCCCC1. The van der Waals surface area contributed by atoms with Crippen LogP contribution in [0.25, 0.3) is 16.7 Å². The molecule has 36 heavy (non-hydrogen) atoms. The van der Waals surface area contributed by atoms with E-state index in [0.29, 0.717) is 0 Å². The number of hydrogen-bond acceptors (Lipinski definition) is 0. The Morgan fingerprint density at radius 1 is 0.861 bits per heavy atom. The van der Waals surface area contributed by atoms with Crippen LogP contribution in [-0.4, -0.2) is 3.21 Å². The van der Waals surface area contributed by atoms with E-state index in [1.807, 2.05) is 0 Å². The van der Waals surface area contributed by atoms with Gasteiger partial charge in [-0.05, 0) is 34.8 Å². The molecule has 3 aliphatic rings. The zero-order valence-corrected chi connectivity index (χ0v) is 27.1. The quantitative estimate of drug-likeness (QED) is 0.378. The minimum absolute atomic E-state index is 0. The number of benzene rings is 2. The Morgan fingerprint density at radius 2 is 1.53 bits per heavy atom. The Kier molecular flexibility index (Phi) is 10.8. The van der Waals surface area contributed by atoms with Crippen molar-refractivity contribution in [3.05, 3.63) is 75.9 Å². The fourth-order valence-corrected chi connectivity index (χ4v) is 6.40. The summed E-state index contributed by atoms with van der Waals surface area (Å²) in [4.78, 5) is 0. The zero-order chi connectivity index (χ0) is 24.7. The van der Waals surface area contributed by atoms with Gasteiger partial charge in [0.25, 0.3) is 0 Å². The molecule has 192 valence electrons. The van der Waals surface area contributed by atoms with E-state index in [0.717, 1.165) is 12.8 Å². The van der Waals surface area contributed by atoms with E-state index in [1.165, 1.54) is 82.2 Å². The van der Waals surface area contributed by atoms with Crippen molar-refractivity contribution in [3.63, 3.8) is 0 Å². The van der Waals surface area contributed by atoms with Crippen molar-refractivity contribution in [3.8, 4) is 11.1 Å². The van der Waals surface area contributed by atoms with Crippen LogP contribution in [0.3, 0.4) is 0 Å². The average Bonchev–Trinajstić information content (AvgIpc) is 3.40. The van der Waals surface area contributed by atoms with Crippen molar-refractivity contribution in [2.75, 3.05) is 0 Å². The maximum atomic E-state index is 3.89. The average molecular weight is 600 g/mol. The molecule has 0 bridgehead atoms. The molecule has 0 amide bonds. The fourth-order valence-electron chi connectivity index (χ4n) is 5.53. The predicted octanol–water partition coefficient (Wildman–Crippen LogP) is 2.98. The molecule has 3 aliphatic carbocycles. The Bertz CT molecular complexity index is 1160. The number of hydrogen-bond donors (Lipinski definition) is 0. The van der Waals surface area contributed by atoms with Crippen LogP contribution in [0.5, 0.6) is 0 Å². The molecule has 0 aromatic heterocycles. The summed E-state index contributed by atoms with van der Waals surface area (Å²) in [5.41, 5.74) is 13.1. The van der Waals surface area contributed by atoms with Gasteiger partial charge in [0.1, 0.15) is 0 Å². The third-order valence-electron chi connectivity index (χ3n) is 7.48. The van der Waals surface area contributed by atoms with Crippen LogP contribution in [0.1, 0.15) is 113 Å². The predicted molar refractivity (Wildman–Crippen MR) is 145 cm³/mol. The molecule has 0 aliphatic heterocycles. The summed E-state index contributed by atoms with van der Waals surface area (Å²) in [7, 11) is 0. The van der Waals surface area contributed by atoms with Gasteiger partial charge in [0, 0.05) is 0 Å². The topological polar surface area (TPSA) is 0 Å². The molecule has 0 spiro atoms. The van der Waals surface area contributed by atoms with E-state index in [1.54, 1.807) is 27.4 Å². The molecule has 0 nitrogen and oxygen atoms in total. The van der Waals surface area contributed by atoms with Crippen molar-refractivity contribution in [2.45, 2.75) is 104 Å². The second kappa shape index (κ2) is 12.4. The molecule has 1 saturated carbocycles. The van der Waals surface area contributed by atoms with Gasteiger partial charge in [0.05, 0.1) is 0 Å². The van der Waals surface area contributed by atoms with E-state index >= 15 is 0 Å². The summed E-state index contributed by atoms with van der Waals surface area (Å²) in [6.07, 6.45) is 16.1. The van der Waals surface area contributed by atoms with Gasteiger partial charge >= 0.3 is 59.5 Å². The normalized spacial score (nSPS) is 16.2. The first-order valence-corrected chi connectivity index (χ1v) is 14.3. The molecule has 1 fully saturated rings. The third kappa shape index (κ3) is 6.81. The Hall–Kier alpha value is -0.747. The van der Waals surface area contributed by atoms with Crippen LogP contribution in [0.4, 0.5) is 0 Å². The van der Waals surface area contributed by atoms with Crippen molar-refractivity contribution in [1.82, 2.24) is 0 Å². The van der Waals surface area contributed by atoms with Crippen LogP contribution in [-0.2, 0) is 41.5 Å². The van der Waals surface area contributed by atoms with Gasteiger partial charge in [-0.2, -0.15) is 6.07 Å². The summed E-state index contributed by atoms with van der Waals surface area (Å²) >= 11 is 1.69. The van der Waals surface area contributed by atoms with Crippen molar-refractivity contribution < 1.29 is 49.0 Å². The number of allylic oxidation sites excluding steroid dienone is 4. The van der Waals surface area contributed by atoms with Crippen molar-refractivity contribution in [1.29, 1.82) is 0 Å². The van der Waals surface area contributed by atoms with Gasteiger partial charge in [-0.15, -0.1) is 27.8 Å². The number of halogens is 2. The molecule has 0 radical (unpaired) electrons. The Morgan fingerprint density at radius 3 is 2.03 bits per heavy atom. The molecule has 3 heteroatoms. The summed E-state index contributed by atoms with van der Waals surface area (Å²) in [5, 5.41) is 0. The first-order chi connectivity index (χ1) is 16.0. The summed E-state index contributed by atoms with van der Waals surface area (Å²) in [6, 6.07) is 11.0. The molecule has 0 heterocycles. The van der Waals surface area contributed by atoms with Gasteiger partial charge in [-0.3, -0.25) is 0 Å². The summed E-state index contributed by atoms with van der Waals surface area (Å²) in [5.74, 6) is 0. The van der Waals surface area contributed by atoms with Crippen LogP contribution in [0, 0.1) is 13.0 Å². The van der Waals surface area contributed by atoms with Crippen LogP contribution in [0.2, 0.25) is 0 Å². The first-order valence-electron chi connectivity index (χ1n) is 13.1. The van der Waals surface area contributed by atoms with Crippen molar-refractivity contribution >= 4 is 8.78 Å². The molecular weight excluding hydrogens is 558 g/mol. The Balaban J connectivity index is 0.000000441. The first kappa shape index (κ1) is 31.5.